The smallest absolute Gasteiger partial charge is 0.310 e. The fraction of sp³-hybridized carbons (Fsp3) is 0.667. The van der Waals surface area contributed by atoms with Gasteiger partial charge in [0.15, 0.2) is 0 Å². The third kappa shape index (κ3) is 3.32. The summed E-state index contributed by atoms with van der Waals surface area (Å²) >= 11 is 0. The number of carbonyl (C=O) groups is 1. The summed E-state index contributed by atoms with van der Waals surface area (Å²) in [6, 6.07) is 1.79. The van der Waals surface area contributed by atoms with Crippen LogP contribution in [0.5, 0.6) is 0 Å². The number of esters is 1. The molecule has 0 unspecified atom stereocenters. The number of hydrogen-bond donors (Lipinski definition) is 0. The Hall–Kier alpha value is -1.69. The van der Waals surface area contributed by atoms with Crippen molar-refractivity contribution in [1.82, 2.24) is 9.97 Å². The molecule has 1 aromatic heterocycles. The van der Waals surface area contributed by atoms with E-state index < -0.39 is 0 Å². The van der Waals surface area contributed by atoms with Crippen LogP contribution in [0, 0.1) is 11.3 Å². The molecule has 3 rings (SSSR count). The summed E-state index contributed by atoms with van der Waals surface area (Å²) in [4.78, 5) is 22.8. The van der Waals surface area contributed by atoms with Crippen LogP contribution in [0.25, 0.3) is 0 Å². The molecule has 1 aromatic rings. The first-order valence-corrected chi connectivity index (χ1v) is 7.43. The van der Waals surface area contributed by atoms with Gasteiger partial charge in [-0.3, -0.25) is 4.79 Å². The van der Waals surface area contributed by atoms with Crippen LogP contribution in [0.3, 0.4) is 0 Å². The Morgan fingerprint density at radius 3 is 2.90 bits per heavy atom. The van der Waals surface area contributed by atoms with E-state index in [1.54, 1.807) is 18.5 Å². The second-order valence-corrected chi connectivity index (χ2v) is 6.25. The molecule has 2 fully saturated rings. The molecule has 0 aliphatic carbocycles. The number of piperidine rings is 1. The van der Waals surface area contributed by atoms with Gasteiger partial charge in [-0.2, -0.15) is 0 Å². The molecule has 0 spiro atoms. The van der Waals surface area contributed by atoms with Crippen molar-refractivity contribution in [3.63, 3.8) is 0 Å². The van der Waals surface area contributed by atoms with E-state index in [9.17, 15) is 4.79 Å². The average molecular weight is 291 g/mol. The van der Waals surface area contributed by atoms with Crippen LogP contribution in [0.4, 0.5) is 5.95 Å². The van der Waals surface area contributed by atoms with Gasteiger partial charge >= 0.3 is 5.97 Å². The third-order valence-electron chi connectivity index (χ3n) is 4.05. The molecule has 114 valence electrons. The van der Waals surface area contributed by atoms with Crippen LogP contribution in [0.15, 0.2) is 18.5 Å². The zero-order valence-electron chi connectivity index (χ0n) is 12.3. The van der Waals surface area contributed by atoms with Gasteiger partial charge in [0.2, 0.25) is 5.95 Å². The fourth-order valence-corrected chi connectivity index (χ4v) is 2.70. The maximum Gasteiger partial charge on any atom is 0.310 e. The molecule has 2 aliphatic rings. The van der Waals surface area contributed by atoms with Crippen LogP contribution >= 0.6 is 0 Å². The molecular formula is C15H21N3O3. The number of carbonyl (C=O) groups excluding carboxylic acids is 1. The molecule has 0 N–H and O–H groups in total. The van der Waals surface area contributed by atoms with Gasteiger partial charge in [-0.15, -0.1) is 0 Å². The van der Waals surface area contributed by atoms with Crippen molar-refractivity contribution < 1.29 is 14.3 Å². The highest BCUT2D eigenvalue weighted by molar-refractivity contribution is 5.73. The largest absolute Gasteiger partial charge is 0.465 e. The zero-order chi connectivity index (χ0) is 14.7. The molecule has 0 radical (unpaired) electrons. The normalized spacial score (nSPS) is 24.2. The topological polar surface area (TPSA) is 64.5 Å². The number of aromatic nitrogens is 2. The van der Waals surface area contributed by atoms with Crippen molar-refractivity contribution in [3.05, 3.63) is 18.5 Å². The molecule has 2 saturated heterocycles. The maximum atomic E-state index is 12.2. The Morgan fingerprint density at radius 2 is 2.24 bits per heavy atom. The summed E-state index contributed by atoms with van der Waals surface area (Å²) in [5, 5.41) is 0. The highest BCUT2D eigenvalue weighted by Crippen LogP contribution is 2.28. The molecule has 6 nitrogen and oxygen atoms in total. The first kappa shape index (κ1) is 14.3. The number of ether oxygens (including phenoxy) is 2. The van der Waals surface area contributed by atoms with Crippen LogP contribution in [0.1, 0.15) is 19.8 Å². The number of nitrogens with zero attached hydrogens (tertiary/aromatic N) is 3. The molecule has 0 saturated carbocycles. The zero-order valence-corrected chi connectivity index (χ0v) is 12.3. The van der Waals surface area contributed by atoms with Gasteiger partial charge in [0, 0.05) is 30.9 Å². The predicted molar refractivity (Wildman–Crippen MR) is 76.9 cm³/mol. The van der Waals surface area contributed by atoms with Crippen molar-refractivity contribution in [3.8, 4) is 0 Å². The molecule has 21 heavy (non-hydrogen) atoms. The highest BCUT2D eigenvalue weighted by Gasteiger charge is 2.36. The Balaban J connectivity index is 1.54. The molecule has 0 aromatic carbocycles. The van der Waals surface area contributed by atoms with Crippen LogP contribution < -0.4 is 4.90 Å². The minimum absolute atomic E-state index is 0.00650. The lowest BCUT2D eigenvalue weighted by molar-refractivity contribution is -0.169. The maximum absolute atomic E-state index is 12.2. The second kappa shape index (κ2) is 5.97. The van der Waals surface area contributed by atoms with Crippen molar-refractivity contribution in [2.45, 2.75) is 19.8 Å². The Bertz CT molecular complexity index is 490. The lowest BCUT2D eigenvalue weighted by Crippen LogP contribution is -2.45. The van der Waals surface area contributed by atoms with Crippen molar-refractivity contribution in [2.24, 2.45) is 11.3 Å². The first-order valence-electron chi connectivity index (χ1n) is 7.43. The van der Waals surface area contributed by atoms with Crippen molar-refractivity contribution in [1.29, 1.82) is 0 Å². The van der Waals surface area contributed by atoms with Gasteiger partial charge in [-0.05, 0) is 18.9 Å². The first-order chi connectivity index (χ1) is 10.2. The van der Waals surface area contributed by atoms with Gasteiger partial charge in [-0.25, -0.2) is 9.97 Å². The van der Waals surface area contributed by atoms with E-state index in [0.29, 0.717) is 32.3 Å². The Labute approximate surface area is 124 Å². The number of hydrogen-bond acceptors (Lipinski definition) is 6. The van der Waals surface area contributed by atoms with E-state index in [1.807, 2.05) is 0 Å². The highest BCUT2D eigenvalue weighted by atomic mass is 16.5. The monoisotopic (exact) mass is 291 g/mol. The SMILES string of the molecule is CC1(COC(=O)[C@H]2CCCN(c3ncccn3)C2)COC1. The molecule has 0 amide bonds. The lowest BCUT2D eigenvalue weighted by atomic mass is 9.90. The predicted octanol–water partition coefficient (Wildman–Crippen LogP) is 1.27. The minimum atomic E-state index is -0.108. The quantitative estimate of drug-likeness (QED) is 0.779. The molecule has 0 bridgehead atoms. The van der Waals surface area contributed by atoms with Gasteiger partial charge < -0.3 is 14.4 Å². The summed E-state index contributed by atoms with van der Waals surface area (Å²) in [5.74, 6) is 0.491. The molecule has 6 heteroatoms. The van der Waals surface area contributed by atoms with E-state index in [2.05, 4.69) is 21.8 Å². The molecule has 3 heterocycles. The lowest BCUT2D eigenvalue weighted by Gasteiger charge is -2.38. The third-order valence-corrected chi connectivity index (χ3v) is 4.05. The van der Waals surface area contributed by atoms with Gasteiger partial charge in [-0.1, -0.05) is 6.92 Å². The van der Waals surface area contributed by atoms with Crippen molar-refractivity contribution in [2.75, 3.05) is 37.8 Å². The van der Waals surface area contributed by atoms with Crippen LogP contribution in [-0.2, 0) is 14.3 Å². The Morgan fingerprint density at radius 1 is 1.48 bits per heavy atom. The number of anilines is 1. The summed E-state index contributed by atoms with van der Waals surface area (Å²) in [6.45, 7) is 5.40. The Kier molecular flexibility index (Phi) is 4.05. The van der Waals surface area contributed by atoms with Gasteiger partial charge in [0.1, 0.15) is 6.61 Å². The van der Waals surface area contributed by atoms with Crippen molar-refractivity contribution >= 4 is 11.9 Å². The van der Waals surface area contributed by atoms with E-state index in [-0.39, 0.29) is 17.3 Å². The summed E-state index contributed by atoms with van der Waals surface area (Å²) in [7, 11) is 0. The van der Waals surface area contributed by atoms with Crippen LogP contribution in [-0.4, -0.2) is 48.8 Å². The van der Waals surface area contributed by atoms with E-state index in [0.717, 1.165) is 19.4 Å². The molecule has 2 aliphatic heterocycles. The molecule has 1 atom stereocenters. The fourth-order valence-electron chi connectivity index (χ4n) is 2.70. The summed E-state index contributed by atoms with van der Waals surface area (Å²) in [6.07, 6.45) is 5.27. The van der Waals surface area contributed by atoms with Crippen LogP contribution in [0.2, 0.25) is 0 Å². The average Bonchev–Trinajstić information content (AvgIpc) is 2.52. The van der Waals surface area contributed by atoms with E-state index in [1.165, 1.54) is 0 Å². The number of rotatable bonds is 4. The minimum Gasteiger partial charge on any atom is -0.465 e. The second-order valence-electron chi connectivity index (χ2n) is 6.25. The van der Waals surface area contributed by atoms with Gasteiger partial charge in [0.05, 0.1) is 19.1 Å². The summed E-state index contributed by atoms with van der Waals surface area (Å²) in [5.41, 5.74) is 0.00650. The van der Waals surface area contributed by atoms with E-state index >= 15 is 0 Å². The molecular weight excluding hydrogens is 270 g/mol. The standard InChI is InChI=1S/C15H21N3O3/c1-15(9-20-10-15)11-21-13(19)12-4-2-7-18(8-12)14-16-5-3-6-17-14/h3,5-6,12H,2,4,7-11H2,1H3/t12-/m0/s1. The van der Waals surface area contributed by atoms with E-state index in [4.69, 9.17) is 9.47 Å². The summed E-state index contributed by atoms with van der Waals surface area (Å²) < 4.78 is 10.7. The van der Waals surface area contributed by atoms with Gasteiger partial charge in [0.25, 0.3) is 0 Å².